The predicted octanol–water partition coefficient (Wildman–Crippen LogP) is 4.68. The van der Waals surface area contributed by atoms with E-state index in [2.05, 4.69) is 28.0 Å². The summed E-state index contributed by atoms with van der Waals surface area (Å²) in [6, 6.07) is 7.51. The summed E-state index contributed by atoms with van der Waals surface area (Å²) in [6.45, 7) is 2.80. The van der Waals surface area contributed by atoms with Gasteiger partial charge in [0.25, 0.3) is 0 Å². The van der Waals surface area contributed by atoms with Gasteiger partial charge in [-0.3, -0.25) is 9.48 Å². The Morgan fingerprint density at radius 1 is 1.50 bits per heavy atom. The Morgan fingerprint density at radius 2 is 2.30 bits per heavy atom. The highest BCUT2D eigenvalue weighted by Crippen LogP contribution is 2.24. The van der Waals surface area contributed by atoms with E-state index in [1.54, 1.807) is 10.9 Å². The second-order valence-corrected chi connectivity index (χ2v) is 6.57. The number of aromatic nitrogens is 2. The molecule has 106 valence electrons. The van der Waals surface area contributed by atoms with Gasteiger partial charge in [0.1, 0.15) is 5.69 Å². The first kappa shape index (κ1) is 15.6. The number of aryl methyl sites for hydroxylation is 1. The summed E-state index contributed by atoms with van der Waals surface area (Å²) in [5, 5.41) is 4.89. The standard InChI is InChI=1S/C14H14BrClN2OS/c1-2-6-18-14(12(15)8-17-18)13(19)9-20-11-5-3-4-10(16)7-11/h3-5,7-8H,2,6,9H2,1H3. The molecule has 20 heavy (non-hydrogen) atoms. The smallest absolute Gasteiger partial charge is 0.192 e. The summed E-state index contributed by atoms with van der Waals surface area (Å²) in [4.78, 5) is 13.3. The molecule has 6 heteroatoms. The van der Waals surface area contributed by atoms with Crippen LogP contribution in [0.1, 0.15) is 23.8 Å². The fraction of sp³-hybridized carbons (Fsp3) is 0.286. The Balaban J connectivity index is 2.07. The Kier molecular flexibility index (Phi) is 5.69. The van der Waals surface area contributed by atoms with Gasteiger partial charge in [-0.1, -0.05) is 24.6 Å². The minimum Gasteiger partial charge on any atom is -0.291 e. The largest absolute Gasteiger partial charge is 0.291 e. The van der Waals surface area contributed by atoms with Crippen LogP contribution in [-0.2, 0) is 6.54 Å². The van der Waals surface area contributed by atoms with Crippen molar-refractivity contribution in [1.82, 2.24) is 9.78 Å². The van der Waals surface area contributed by atoms with Gasteiger partial charge in [-0.15, -0.1) is 11.8 Å². The monoisotopic (exact) mass is 372 g/mol. The average molecular weight is 374 g/mol. The third kappa shape index (κ3) is 3.87. The zero-order valence-electron chi connectivity index (χ0n) is 11.0. The summed E-state index contributed by atoms with van der Waals surface area (Å²) in [7, 11) is 0. The van der Waals surface area contributed by atoms with Crippen molar-refractivity contribution in [3.05, 3.63) is 45.7 Å². The molecule has 1 aromatic heterocycles. The van der Waals surface area contributed by atoms with Crippen LogP contribution in [0.5, 0.6) is 0 Å². The number of halogens is 2. The van der Waals surface area contributed by atoms with E-state index in [-0.39, 0.29) is 5.78 Å². The quantitative estimate of drug-likeness (QED) is 0.544. The number of rotatable bonds is 6. The van der Waals surface area contributed by atoms with Gasteiger partial charge in [0.2, 0.25) is 0 Å². The first-order chi connectivity index (χ1) is 9.61. The van der Waals surface area contributed by atoms with Gasteiger partial charge in [-0.05, 0) is 40.5 Å². The third-order valence-electron chi connectivity index (χ3n) is 2.66. The van der Waals surface area contributed by atoms with Gasteiger partial charge in [0, 0.05) is 16.5 Å². The van der Waals surface area contributed by atoms with Gasteiger partial charge >= 0.3 is 0 Å². The lowest BCUT2D eigenvalue weighted by Gasteiger charge is -2.06. The van der Waals surface area contributed by atoms with Gasteiger partial charge in [-0.2, -0.15) is 5.10 Å². The highest BCUT2D eigenvalue weighted by atomic mass is 79.9. The molecule has 0 aliphatic rings. The lowest BCUT2D eigenvalue weighted by Crippen LogP contribution is -2.12. The number of hydrogen-bond donors (Lipinski definition) is 0. The molecule has 0 amide bonds. The summed E-state index contributed by atoms with van der Waals surface area (Å²) in [6.07, 6.45) is 2.61. The van der Waals surface area contributed by atoms with E-state index in [0.717, 1.165) is 22.3 Å². The lowest BCUT2D eigenvalue weighted by molar-refractivity contribution is 0.101. The summed E-state index contributed by atoms with van der Waals surface area (Å²) < 4.78 is 2.51. The summed E-state index contributed by atoms with van der Waals surface area (Å²) in [5.41, 5.74) is 0.640. The fourth-order valence-corrected chi connectivity index (χ4v) is 3.39. The number of Topliss-reactive ketones (excluding diaryl/α,β-unsaturated/α-hetero) is 1. The molecule has 0 aliphatic carbocycles. The number of ketones is 1. The maximum Gasteiger partial charge on any atom is 0.192 e. The van der Waals surface area contributed by atoms with E-state index in [0.29, 0.717) is 16.5 Å². The van der Waals surface area contributed by atoms with Crippen LogP contribution < -0.4 is 0 Å². The maximum atomic E-state index is 12.3. The molecule has 2 aromatic rings. The Labute approximate surface area is 135 Å². The van der Waals surface area contributed by atoms with Crippen LogP contribution in [0.3, 0.4) is 0 Å². The molecule has 0 bridgehead atoms. The van der Waals surface area contributed by atoms with E-state index >= 15 is 0 Å². The van der Waals surface area contributed by atoms with Crippen molar-refractivity contribution in [1.29, 1.82) is 0 Å². The van der Waals surface area contributed by atoms with Gasteiger partial charge in [-0.25, -0.2) is 0 Å². The van der Waals surface area contributed by atoms with Crippen LogP contribution in [0.15, 0.2) is 39.8 Å². The molecule has 0 saturated heterocycles. The second-order valence-electron chi connectivity index (χ2n) is 4.23. The van der Waals surface area contributed by atoms with Gasteiger partial charge in [0.05, 0.1) is 16.4 Å². The molecule has 0 radical (unpaired) electrons. The Hall–Kier alpha value is -0.780. The Bertz CT molecular complexity index is 615. The van der Waals surface area contributed by atoms with Crippen molar-refractivity contribution in [2.75, 3.05) is 5.75 Å². The van der Waals surface area contributed by atoms with E-state index < -0.39 is 0 Å². The molecule has 0 N–H and O–H groups in total. The zero-order chi connectivity index (χ0) is 14.5. The van der Waals surface area contributed by atoms with Gasteiger partial charge in [0.15, 0.2) is 5.78 Å². The number of carbonyl (C=O) groups is 1. The van der Waals surface area contributed by atoms with Gasteiger partial charge < -0.3 is 0 Å². The normalized spacial score (nSPS) is 10.8. The van der Waals surface area contributed by atoms with Crippen molar-refractivity contribution in [3.63, 3.8) is 0 Å². The van der Waals surface area contributed by atoms with Crippen molar-refractivity contribution in [2.24, 2.45) is 0 Å². The molecule has 2 rings (SSSR count). The summed E-state index contributed by atoms with van der Waals surface area (Å²) >= 11 is 10.8. The minimum absolute atomic E-state index is 0.0628. The molecular weight excluding hydrogens is 360 g/mol. The third-order valence-corrected chi connectivity index (χ3v) is 4.47. The SMILES string of the molecule is CCCn1ncc(Br)c1C(=O)CSc1cccc(Cl)c1. The van der Waals surface area contributed by atoms with Crippen molar-refractivity contribution < 1.29 is 4.79 Å². The first-order valence-corrected chi connectivity index (χ1v) is 8.40. The molecule has 0 atom stereocenters. The van der Waals surface area contributed by atoms with Crippen LogP contribution in [0.4, 0.5) is 0 Å². The number of hydrogen-bond acceptors (Lipinski definition) is 3. The Morgan fingerprint density at radius 3 is 3.00 bits per heavy atom. The van der Waals surface area contributed by atoms with Crippen LogP contribution in [0.25, 0.3) is 0 Å². The molecule has 0 fully saturated rings. The zero-order valence-corrected chi connectivity index (χ0v) is 14.1. The molecule has 1 aromatic carbocycles. The lowest BCUT2D eigenvalue weighted by atomic mass is 10.3. The molecule has 1 heterocycles. The molecule has 0 spiro atoms. The number of thioether (sulfide) groups is 1. The first-order valence-electron chi connectivity index (χ1n) is 6.24. The molecule has 0 aliphatic heterocycles. The maximum absolute atomic E-state index is 12.3. The molecule has 3 nitrogen and oxygen atoms in total. The van der Waals surface area contributed by atoms with E-state index in [4.69, 9.17) is 11.6 Å². The fourth-order valence-electron chi connectivity index (χ4n) is 1.80. The number of carbonyl (C=O) groups excluding carboxylic acids is 1. The van der Waals surface area contributed by atoms with E-state index in [1.807, 2.05) is 24.3 Å². The molecule has 0 saturated carbocycles. The number of nitrogens with zero attached hydrogens (tertiary/aromatic N) is 2. The van der Waals surface area contributed by atoms with E-state index in [1.165, 1.54) is 11.8 Å². The number of benzene rings is 1. The minimum atomic E-state index is 0.0628. The van der Waals surface area contributed by atoms with Crippen molar-refractivity contribution in [2.45, 2.75) is 24.8 Å². The van der Waals surface area contributed by atoms with Crippen molar-refractivity contribution in [3.8, 4) is 0 Å². The predicted molar refractivity (Wildman–Crippen MR) is 86.7 cm³/mol. The molecular formula is C14H14BrClN2OS. The topological polar surface area (TPSA) is 34.9 Å². The summed E-state index contributed by atoms with van der Waals surface area (Å²) in [5.74, 6) is 0.432. The molecule has 0 unspecified atom stereocenters. The van der Waals surface area contributed by atoms with Crippen LogP contribution in [0.2, 0.25) is 5.02 Å². The van der Waals surface area contributed by atoms with Crippen molar-refractivity contribution >= 4 is 45.1 Å². The van der Waals surface area contributed by atoms with Crippen LogP contribution >= 0.6 is 39.3 Å². The highest BCUT2D eigenvalue weighted by molar-refractivity contribution is 9.10. The van der Waals surface area contributed by atoms with Crippen LogP contribution in [0, 0.1) is 0 Å². The highest BCUT2D eigenvalue weighted by Gasteiger charge is 2.16. The van der Waals surface area contributed by atoms with E-state index in [9.17, 15) is 4.79 Å². The second kappa shape index (κ2) is 7.29. The average Bonchev–Trinajstić information content (AvgIpc) is 2.78. The van der Waals surface area contributed by atoms with Crippen LogP contribution in [-0.4, -0.2) is 21.3 Å².